The van der Waals surface area contributed by atoms with Gasteiger partial charge in [-0.25, -0.2) is 0 Å². The third-order valence-corrected chi connectivity index (χ3v) is 8.24. The van der Waals surface area contributed by atoms with Crippen molar-refractivity contribution in [3.63, 3.8) is 0 Å². The molecule has 154 valence electrons. The number of ether oxygens (including phenoxy) is 1. The molecule has 0 aromatic rings. The minimum atomic E-state index is -1.87. The summed E-state index contributed by atoms with van der Waals surface area (Å²) in [5.74, 6) is -3.24. The summed E-state index contributed by atoms with van der Waals surface area (Å²) in [7, 11) is 0. The molecule has 2 fully saturated rings. The molecule has 0 spiro atoms. The van der Waals surface area contributed by atoms with E-state index in [4.69, 9.17) is 4.74 Å². The Hall–Kier alpha value is -1.54. The van der Waals surface area contributed by atoms with E-state index in [-0.39, 0.29) is 13.0 Å². The molecule has 0 aromatic heterocycles. The maximum Gasteiger partial charge on any atom is 0.293 e. The van der Waals surface area contributed by atoms with Gasteiger partial charge >= 0.3 is 0 Å². The van der Waals surface area contributed by atoms with Crippen molar-refractivity contribution in [3.05, 3.63) is 23.3 Å². The van der Waals surface area contributed by atoms with E-state index in [1.54, 1.807) is 26.0 Å². The Morgan fingerprint density at radius 3 is 2.50 bits per heavy atom. The van der Waals surface area contributed by atoms with Crippen molar-refractivity contribution in [3.8, 4) is 0 Å². The van der Waals surface area contributed by atoms with Crippen LogP contribution in [0.3, 0.4) is 0 Å². The van der Waals surface area contributed by atoms with Crippen molar-refractivity contribution in [1.29, 1.82) is 0 Å². The second-order valence-corrected chi connectivity index (χ2v) is 9.59. The fourth-order valence-electron chi connectivity index (χ4n) is 6.79. The Morgan fingerprint density at radius 2 is 1.93 bits per heavy atom. The number of hydrogen-bond acceptors (Lipinski definition) is 7. The first kappa shape index (κ1) is 19.8. The van der Waals surface area contributed by atoms with E-state index in [1.165, 1.54) is 0 Å². The number of aliphatic hydroxyl groups is 4. The Labute approximate surface area is 163 Å². The average molecular weight is 392 g/mol. The maximum atomic E-state index is 12.8. The van der Waals surface area contributed by atoms with E-state index in [0.717, 1.165) is 0 Å². The number of ketones is 1. The highest BCUT2D eigenvalue weighted by molar-refractivity contribution is 6.04. The highest BCUT2D eigenvalue weighted by Crippen LogP contribution is 2.76. The van der Waals surface area contributed by atoms with Gasteiger partial charge in [-0.2, -0.15) is 0 Å². The van der Waals surface area contributed by atoms with Gasteiger partial charge < -0.3 is 25.2 Å². The summed E-state index contributed by atoms with van der Waals surface area (Å²) < 4.78 is 5.45. The van der Waals surface area contributed by atoms with Crippen molar-refractivity contribution in [1.82, 2.24) is 0 Å². The quantitative estimate of drug-likeness (QED) is 0.397. The molecule has 4 aliphatic carbocycles. The summed E-state index contributed by atoms with van der Waals surface area (Å²) >= 11 is 0. The minimum Gasteiger partial charge on any atom is -0.458 e. The van der Waals surface area contributed by atoms with E-state index in [0.29, 0.717) is 17.6 Å². The Morgan fingerprint density at radius 1 is 1.29 bits per heavy atom. The van der Waals surface area contributed by atoms with Crippen molar-refractivity contribution < 1.29 is 34.8 Å². The van der Waals surface area contributed by atoms with Crippen molar-refractivity contribution in [2.75, 3.05) is 6.61 Å². The van der Waals surface area contributed by atoms with Gasteiger partial charge in [0.1, 0.15) is 11.2 Å². The largest absolute Gasteiger partial charge is 0.458 e. The van der Waals surface area contributed by atoms with Crippen LogP contribution in [0.1, 0.15) is 34.1 Å². The third-order valence-electron chi connectivity index (χ3n) is 8.24. The standard InChI is InChI=1S/C21H28O7/c1-10-5-14-19(26,16(10)24)7-12(8-22)6-13-15-18(3,4)21(15,28-9-23)17(25)11(2)20(13,14)27/h5-6,9,11,13-15,17,22,25-27H,7-8H2,1-4H3/t11-,13+,14-,15+,17-,19-,20-,21-/m1/s1. The van der Waals surface area contributed by atoms with Crippen molar-refractivity contribution in [2.45, 2.75) is 57.0 Å². The number of carbonyl (C=O) groups excluding carboxylic acids is 2. The molecular formula is C21H28O7. The molecule has 0 bridgehead atoms. The number of carbonyl (C=O) groups is 2. The second kappa shape index (κ2) is 5.53. The fourth-order valence-corrected chi connectivity index (χ4v) is 6.79. The predicted molar refractivity (Wildman–Crippen MR) is 97.8 cm³/mol. The van der Waals surface area contributed by atoms with Crippen LogP contribution in [0.25, 0.3) is 0 Å². The molecule has 7 heteroatoms. The fraction of sp³-hybridized carbons (Fsp3) is 0.714. The summed E-state index contributed by atoms with van der Waals surface area (Å²) in [6.07, 6.45) is 2.06. The molecule has 7 nitrogen and oxygen atoms in total. The van der Waals surface area contributed by atoms with Crippen molar-refractivity contribution in [2.24, 2.45) is 29.1 Å². The van der Waals surface area contributed by atoms with E-state index in [1.807, 2.05) is 13.8 Å². The zero-order chi connectivity index (χ0) is 20.9. The molecule has 4 N–H and O–H groups in total. The van der Waals surface area contributed by atoms with E-state index >= 15 is 0 Å². The number of Topliss-reactive ketones (excluding diaryl/α,β-unsaturated/α-hetero) is 1. The summed E-state index contributed by atoms with van der Waals surface area (Å²) in [6, 6.07) is 0. The van der Waals surface area contributed by atoms with Crippen LogP contribution in [0.15, 0.2) is 23.3 Å². The van der Waals surface area contributed by atoms with E-state index < -0.39 is 57.8 Å². The molecule has 8 atom stereocenters. The first-order valence-electron chi connectivity index (χ1n) is 9.72. The van der Waals surface area contributed by atoms with E-state index in [9.17, 15) is 30.0 Å². The van der Waals surface area contributed by atoms with Gasteiger partial charge in [0, 0.05) is 35.5 Å². The lowest BCUT2D eigenvalue weighted by atomic mass is 9.59. The first-order chi connectivity index (χ1) is 12.9. The number of fused-ring (bicyclic) bond motifs is 5. The second-order valence-electron chi connectivity index (χ2n) is 9.59. The van der Waals surface area contributed by atoms with Crippen LogP contribution in [0.2, 0.25) is 0 Å². The van der Waals surface area contributed by atoms with Gasteiger partial charge in [0.2, 0.25) is 0 Å². The molecule has 0 heterocycles. The van der Waals surface area contributed by atoms with Crippen LogP contribution in [-0.4, -0.2) is 62.2 Å². The van der Waals surface area contributed by atoms with Gasteiger partial charge in [-0.05, 0) is 18.1 Å². The Kier molecular flexibility index (Phi) is 3.91. The summed E-state index contributed by atoms with van der Waals surface area (Å²) in [5.41, 5.74) is -4.50. The Balaban J connectivity index is 1.95. The lowest BCUT2D eigenvalue weighted by Gasteiger charge is -2.52. The maximum absolute atomic E-state index is 12.8. The highest BCUT2D eigenvalue weighted by Gasteiger charge is 2.86. The predicted octanol–water partition coefficient (Wildman–Crippen LogP) is 0.111. The number of hydrogen-bond donors (Lipinski definition) is 4. The molecule has 0 aliphatic heterocycles. The average Bonchev–Trinajstić information content (AvgIpc) is 3.07. The molecule has 0 aromatic carbocycles. The zero-order valence-electron chi connectivity index (χ0n) is 16.5. The summed E-state index contributed by atoms with van der Waals surface area (Å²) in [4.78, 5) is 24.0. The minimum absolute atomic E-state index is 0.0862. The molecule has 4 rings (SSSR count). The molecule has 0 amide bonds. The monoisotopic (exact) mass is 392 g/mol. The van der Waals surface area contributed by atoms with Gasteiger partial charge in [0.25, 0.3) is 6.47 Å². The Bertz CT molecular complexity index is 814. The first-order valence-corrected chi connectivity index (χ1v) is 9.72. The molecule has 28 heavy (non-hydrogen) atoms. The van der Waals surface area contributed by atoms with Crippen LogP contribution >= 0.6 is 0 Å². The van der Waals surface area contributed by atoms with Gasteiger partial charge in [-0.15, -0.1) is 0 Å². The summed E-state index contributed by atoms with van der Waals surface area (Å²) in [5, 5.41) is 44.4. The van der Waals surface area contributed by atoms with Crippen LogP contribution in [0, 0.1) is 29.1 Å². The number of rotatable bonds is 3. The summed E-state index contributed by atoms with van der Waals surface area (Å²) in [6.45, 7) is 6.96. The lowest BCUT2D eigenvalue weighted by Crippen LogP contribution is -2.65. The van der Waals surface area contributed by atoms with Gasteiger partial charge in [-0.1, -0.05) is 32.9 Å². The number of aliphatic hydroxyl groups excluding tert-OH is 2. The lowest BCUT2D eigenvalue weighted by molar-refractivity contribution is -0.215. The normalized spacial score (nSPS) is 51.1. The molecule has 2 saturated carbocycles. The SMILES string of the molecule is CC1=C[C@H]2[C@@]3(O)[C@H](C)[C@@H](O)[C@]4(OC=O)[C@@H]([C@@H]3C=C(CO)C[C@]2(O)C1=O)C4(C)C. The van der Waals surface area contributed by atoms with Gasteiger partial charge in [-0.3, -0.25) is 9.59 Å². The van der Waals surface area contributed by atoms with Gasteiger partial charge in [0.15, 0.2) is 5.78 Å². The molecule has 0 unspecified atom stereocenters. The highest BCUT2D eigenvalue weighted by atomic mass is 16.6. The molecule has 4 aliphatic rings. The van der Waals surface area contributed by atoms with Crippen LogP contribution in [0.5, 0.6) is 0 Å². The van der Waals surface area contributed by atoms with Crippen molar-refractivity contribution >= 4 is 12.3 Å². The molecule has 0 radical (unpaired) electrons. The zero-order valence-corrected chi connectivity index (χ0v) is 16.5. The van der Waals surface area contributed by atoms with Crippen LogP contribution < -0.4 is 0 Å². The topological polar surface area (TPSA) is 124 Å². The molecular weight excluding hydrogens is 364 g/mol. The molecule has 0 saturated heterocycles. The van der Waals surface area contributed by atoms with Crippen LogP contribution in [0.4, 0.5) is 0 Å². The van der Waals surface area contributed by atoms with Crippen LogP contribution in [-0.2, 0) is 14.3 Å². The van der Waals surface area contributed by atoms with Gasteiger partial charge in [0.05, 0.1) is 18.3 Å². The van der Waals surface area contributed by atoms with E-state index in [2.05, 4.69) is 0 Å². The smallest absolute Gasteiger partial charge is 0.293 e. The third kappa shape index (κ3) is 1.89.